The Bertz CT molecular complexity index is 524. The standard InChI is InChI=1S/C10H8F2O2S/c11-7-1-8(12)3-9(2-7)15(13,14)10-4-6(10)5-10/h1-3,6H,4-5H2. The number of halogens is 2. The molecule has 2 saturated carbocycles. The van der Waals surface area contributed by atoms with E-state index in [9.17, 15) is 17.2 Å². The third-order valence-electron chi connectivity index (χ3n) is 3.29. The van der Waals surface area contributed by atoms with Gasteiger partial charge in [-0.3, -0.25) is 0 Å². The van der Waals surface area contributed by atoms with Crippen molar-refractivity contribution in [3.8, 4) is 0 Å². The Balaban J connectivity index is 2.13. The highest BCUT2D eigenvalue weighted by atomic mass is 32.2. The summed E-state index contributed by atoms with van der Waals surface area (Å²) in [5, 5.41) is 0. The molecule has 15 heavy (non-hydrogen) atoms. The van der Waals surface area contributed by atoms with Gasteiger partial charge in [0.25, 0.3) is 0 Å². The van der Waals surface area contributed by atoms with Gasteiger partial charge in [-0.25, -0.2) is 17.2 Å². The van der Waals surface area contributed by atoms with Crippen molar-refractivity contribution in [2.45, 2.75) is 22.5 Å². The van der Waals surface area contributed by atoms with Gasteiger partial charge >= 0.3 is 0 Å². The summed E-state index contributed by atoms with van der Waals surface area (Å²) in [6.07, 6.45) is 1.29. The molecule has 0 aromatic heterocycles. The van der Waals surface area contributed by atoms with E-state index in [0.29, 0.717) is 18.9 Å². The molecule has 0 unspecified atom stereocenters. The first-order chi connectivity index (χ1) is 6.96. The second-order valence-corrected chi connectivity index (χ2v) is 6.57. The first kappa shape index (κ1) is 9.27. The summed E-state index contributed by atoms with van der Waals surface area (Å²) < 4.78 is 49.0. The summed E-state index contributed by atoms with van der Waals surface area (Å²) >= 11 is 0. The molecule has 2 aliphatic rings. The summed E-state index contributed by atoms with van der Waals surface area (Å²) in [5.41, 5.74) is 0. The van der Waals surface area contributed by atoms with Crippen molar-refractivity contribution < 1.29 is 17.2 Å². The van der Waals surface area contributed by atoms with Crippen molar-refractivity contribution in [3.63, 3.8) is 0 Å². The third-order valence-corrected chi connectivity index (χ3v) is 5.88. The Labute approximate surface area is 85.8 Å². The molecule has 0 atom stereocenters. The monoisotopic (exact) mass is 230 g/mol. The van der Waals surface area contributed by atoms with Crippen LogP contribution in [-0.4, -0.2) is 13.2 Å². The number of fused-ring (bicyclic) bond motifs is 1. The summed E-state index contributed by atoms with van der Waals surface area (Å²) in [4.78, 5) is -0.222. The van der Waals surface area contributed by atoms with Crippen molar-refractivity contribution >= 4 is 9.84 Å². The normalized spacial score (nSPS) is 32.3. The van der Waals surface area contributed by atoms with E-state index in [-0.39, 0.29) is 10.8 Å². The number of benzene rings is 1. The predicted molar refractivity (Wildman–Crippen MR) is 49.0 cm³/mol. The highest BCUT2D eigenvalue weighted by Gasteiger charge is 2.77. The molecule has 5 heteroatoms. The van der Waals surface area contributed by atoms with Gasteiger partial charge in [0.2, 0.25) is 0 Å². The third kappa shape index (κ3) is 1.10. The minimum Gasteiger partial charge on any atom is -0.223 e. The van der Waals surface area contributed by atoms with Crippen LogP contribution in [0.2, 0.25) is 0 Å². The number of sulfone groups is 1. The van der Waals surface area contributed by atoms with Crippen molar-refractivity contribution in [2.24, 2.45) is 5.92 Å². The summed E-state index contributed by atoms with van der Waals surface area (Å²) in [7, 11) is -3.52. The van der Waals surface area contributed by atoms with Gasteiger partial charge in [-0.1, -0.05) is 0 Å². The van der Waals surface area contributed by atoms with Crippen LogP contribution in [0.25, 0.3) is 0 Å². The van der Waals surface area contributed by atoms with Gasteiger partial charge in [0, 0.05) is 6.07 Å². The summed E-state index contributed by atoms with van der Waals surface area (Å²) in [6, 6.07) is 2.45. The van der Waals surface area contributed by atoms with E-state index in [1.165, 1.54) is 0 Å². The van der Waals surface area contributed by atoms with E-state index in [4.69, 9.17) is 0 Å². The van der Waals surface area contributed by atoms with Crippen LogP contribution in [0.4, 0.5) is 8.78 Å². The molecular formula is C10H8F2O2S. The second-order valence-electron chi connectivity index (χ2n) is 4.28. The summed E-state index contributed by atoms with van der Waals surface area (Å²) in [5.74, 6) is -1.46. The lowest BCUT2D eigenvalue weighted by atomic mass is 10.3. The molecule has 3 rings (SSSR count). The van der Waals surface area contributed by atoms with Gasteiger partial charge in [0.1, 0.15) is 11.6 Å². The zero-order valence-electron chi connectivity index (χ0n) is 7.70. The zero-order chi connectivity index (χ0) is 10.8. The molecule has 1 aromatic rings. The van der Waals surface area contributed by atoms with Gasteiger partial charge in [0.05, 0.1) is 9.64 Å². The molecule has 1 aromatic carbocycles. The van der Waals surface area contributed by atoms with Crippen molar-refractivity contribution in [3.05, 3.63) is 29.8 Å². The van der Waals surface area contributed by atoms with E-state index in [1.807, 2.05) is 0 Å². The maximum atomic E-state index is 12.9. The average molecular weight is 230 g/mol. The molecule has 2 aliphatic carbocycles. The fourth-order valence-electron chi connectivity index (χ4n) is 2.01. The number of hydrogen-bond donors (Lipinski definition) is 0. The van der Waals surface area contributed by atoms with E-state index in [1.54, 1.807) is 0 Å². The fraction of sp³-hybridized carbons (Fsp3) is 0.400. The number of hydrogen-bond acceptors (Lipinski definition) is 2. The van der Waals surface area contributed by atoms with Crippen LogP contribution in [0, 0.1) is 17.6 Å². The molecule has 0 saturated heterocycles. The van der Waals surface area contributed by atoms with Crippen LogP contribution in [0.5, 0.6) is 0 Å². The molecule has 2 nitrogen and oxygen atoms in total. The van der Waals surface area contributed by atoms with E-state index >= 15 is 0 Å². The van der Waals surface area contributed by atoms with Crippen LogP contribution in [0.15, 0.2) is 23.1 Å². The molecule has 2 fully saturated rings. The minimum atomic E-state index is -3.52. The SMILES string of the molecule is O=S(=O)(c1cc(F)cc(F)c1)C12CC1C2. The van der Waals surface area contributed by atoms with Crippen molar-refractivity contribution in [1.82, 2.24) is 0 Å². The van der Waals surface area contributed by atoms with Gasteiger partial charge in [-0.15, -0.1) is 0 Å². The Kier molecular flexibility index (Phi) is 1.48. The zero-order valence-corrected chi connectivity index (χ0v) is 8.52. The van der Waals surface area contributed by atoms with Crippen LogP contribution in [0.1, 0.15) is 12.8 Å². The van der Waals surface area contributed by atoms with Crippen molar-refractivity contribution in [1.29, 1.82) is 0 Å². The van der Waals surface area contributed by atoms with Crippen LogP contribution >= 0.6 is 0 Å². The Morgan fingerprint density at radius 1 is 1.13 bits per heavy atom. The maximum Gasteiger partial charge on any atom is 0.184 e. The molecule has 0 aliphatic heterocycles. The molecule has 0 amide bonds. The Morgan fingerprint density at radius 3 is 2.00 bits per heavy atom. The molecular weight excluding hydrogens is 222 g/mol. The fourth-order valence-corrected chi connectivity index (χ4v) is 4.30. The van der Waals surface area contributed by atoms with E-state index in [0.717, 1.165) is 12.1 Å². The lowest BCUT2D eigenvalue weighted by Gasteiger charge is -2.06. The van der Waals surface area contributed by atoms with Gasteiger partial charge in [-0.2, -0.15) is 0 Å². The predicted octanol–water partition coefficient (Wildman–Crippen LogP) is 1.90. The lowest BCUT2D eigenvalue weighted by Crippen LogP contribution is -2.14. The smallest absolute Gasteiger partial charge is 0.184 e. The molecule has 80 valence electrons. The van der Waals surface area contributed by atoms with Crippen molar-refractivity contribution in [2.75, 3.05) is 0 Å². The molecule has 0 N–H and O–H groups in total. The van der Waals surface area contributed by atoms with E-state index in [2.05, 4.69) is 0 Å². The quantitative estimate of drug-likeness (QED) is 0.777. The van der Waals surface area contributed by atoms with E-state index < -0.39 is 26.2 Å². The van der Waals surface area contributed by atoms with Gasteiger partial charge in [0.15, 0.2) is 9.84 Å². The number of rotatable bonds is 2. The highest BCUT2D eigenvalue weighted by molar-refractivity contribution is 7.93. The lowest BCUT2D eigenvalue weighted by molar-refractivity contribution is 0.564. The second kappa shape index (κ2) is 2.40. The minimum absolute atomic E-state index is 0.222. The maximum absolute atomic E-state index is 12.9. The van der Waals surface area contributed by atoms with Crippen LogP contribution in [0.3, 0.4) is 0 Å². The first-order valence-corrected chi connectivity index (χ1v) is 6.15. The average Bonchev–Trinajstić information content (AvgIpc) is 2.86. The molecule has 0 radical (unpaired) electrons. The molecule has 0 spiro atoms. The summed E-state index contributed by atoms with van der Waals surface area (Å²) in [6.45, 7) is 0. The Morgan fingerprint density at radius 2 is 1.60 bits per heavy atom. The molecule has 0 bridgehead atoms. The van der Waals surface area contributed by atoms with Gasteiger partial charge < -0.3 is 0 Å². The van der Waals surface area contributed by atoms with Gasteiger partial charge in [-0.05, 0) is 30.9 Å². The topological polar surface area (TPSA) is 34.1 Å². The highest BCUT2D eigenvalue weighted by Crippen LogP contribution is 2.73. The van der Waals surface area contributed by atoms with Crippen LogP contribution in [-0.2, 0) is 9.84 Å². The largest absolute Gasteiger partial charge is 0.223 e. The first-order valence-electron chi connectivity index (χ1n) is 4.66. The molecule has 0 heterocycles. The van der Waals surface area contributed by atoms with Crippen LogP contribution < -0.4 is 0 Å². The Hall–Kier alpha value is -0.970.